The topological polar surface area (TPSA) is 83.4 Å². The smallest absolute Gasteiger partial charge is 0.233 e. The highest BCUT2D eigenvalue weighted by Gasteiger charge is 2.31. The Balaban J connectivity index is 1.65. The van der Waals surface area contributed by atoms with E-state index in [2.05, 4.69) is 10.1 Å². The molecule has 1 aromatic heterocycles. The quantitative estimate of drug-likeness (QED) is 0.813. The van der Waals surface area contributed by atoms with Gasteiger partial charge in [-0.25, -0.2) is 0 Å². The molecule has 0 saturated carbocycles. The highest BCUT2D eigenvalue weighted by Crippen LogP contribution is 2.23. The van der Waals surface area contributed by atoms with Crippen LogP contribution in [0.15, 0.2) is 4.52 Å². The summed E-state index contributed by atoms with van der Waals surface area (Å²) in [6.07, 6.45) is 3.17. The standard InChI is InChI=1S/C11H17N3O3/c12-9-6-15-5-8(9)11-13-10(14-17-11)4-7-2-1-3-16-7/h7-9H,1-6,12H2. The maximum atomic E-state index is 5.91. The molecule has 94 valence electrons. The number of ether oxygens (including phenoxy) is 2. The number of hydrogen-bond acceptors (Lipinski definition) is 6. The van der Waals surface area contributed by atoms with Gasteiger partial charge in [-0.05, 0) is 12.8 Å². The van der Waals surface area contributed by atoms with Gasteiger partial charge in [0.2, 0.25) is 5.89 Å². The Morgan fingerprint density at radius 2 is 2.29 bits per heavy atom. The van der Waals surface area contributed by atoms with E-state index in [1.807, 2.05) is 0 Å². The minimum atomic E-state index is -0.0361. The maximum Gasteiger partial charge on any atom is 0.233 e. The third-order valence-corrected chi connectivity index (χ3v) is 3.36. The van der Waals surface area contributed by atoms with Crippen molar-refractivity contribution in [3.05, 3.63) is 11.7 Å². The fourth-order valence-electron chi connectivity index (χ4n) is 2.34. The van der Waals surface area contributed by atoms with Gasteiger partial charge < -0.3 is 19.7 Å². The highest BCUT2D eigenvalue weighted by atomic mass is 16.5. The second kappa shape index (κ2) is 4.72. The second-order valence-corrected chi connectivity index (χ2v) is 4.70. The van der Waals surface area contributed by atoms with Crippen LogP contribution in [0.5, 0.6) is 0 Å². The van der Waals surface area contributed by atoms with Crippen LogP contribution in [0.25, 0.3) is 0 Å². The summed E-state index contributed by atoms with van der Waals surface area (Å²) in [7, 11) is 0. The van der Waals surface area contributed by atoms with E-state index < -0.39 is 0 Å². The molecular weight excluding hydrogens is 222 g/mol. The van der Waals surface area contributed by atoms with Crippen molar-refractivity contribution < 1.29 is 14.0 Å². The first kappa shape index (κ1) is 11.1. The van der Waals surface area contributed by atoms with Gasteiger partial charge in [0.25, 0.3) is 0 Å². The zero-order valence-corrected chi connectivity index (χ0v) is 9.67. The molecule has 2 N–H and O–H groups in total. The lowest BCUT2D eigenvalue weighted by Gasteiger charge is -2.06. The van der Waals surface area contributed by atoms with Crippen LogP contribution in [0.3, 0.4) is 0 Å². The van der Waals surface area contributed by atoms with Crippen LogP contribution in [-0.2, 0) is 15.9 Å². The molecule has 0 radical (unpaired) electrons. The van der Waals surface area contributed by atoms with Crippen LogP contribution in [0, 0.1) is 0 Å². The number of aromatic nitrogens is 2. The van der Waals surface area contributed by atoms with E-state index >= 15 is 0 Å². The summed E-state index contributed by atoms with van der Waals surface area (Å²) >= 11 is 0. The van der Waals surface area contributed by atoms with Gasteiger partial charge >= 0.3 is 0 Å². The Bertz CT molecular complexity index is 376. The minimum Gasteiger partial charge on any atom is -0.379 e. The lowest BCUT2D eigenvalue weighted by molar-refractivity contribution is 0.109. The lowest BCUT2D eigenvalue weighted by atomic mass is 10.1. The van der Waals surface area contributed by atoms with E-state index in [1.165, 1.54) is 0 Å². The van der Waals surface area contributed by atoms with Gasteiger partial charge in [-0.3, -0.25) is 0 Å². The molecule has 1 aromatic rings. The number of nitrogens with two attached hydrogens (primary N) is 1. The molecular formula is C11H17N3O3. The van der Waals surface area contributed by atoms with Crippen molar-refractivity contribution in [1.29, 1.82) is 0 Å². The largest absolute Gasteiger partial charge is 0.379 e. The molecule has 0 aromatic carbocycles. The van der Waals surface area contributed by atoms with Crippen molar-refractivity contribution in [2.24, 2.45) is 5.73 Å². The van der Waals surface area contributed by atoms with E-state index in [1.54, 1.807) is 0 Å². The Morgan fingerprint density at radius 3 is 3.00 bits per heavy atom. The molecule has 0 bridgehead atoms. The van der Waals surface area contributed by atoms with Crippen molar-refractivity contribution in [3.8, 4) is 0 Å². The van der Waals surface area contributed by atoms with Crippen molar-refractivity contribution in [2.45, 2.75) is 37.3 Å². The third kappa shape index (κ3) is 2.34. The Hall–Kier alpha value is -0.980. The molecule has 2 fully saturated rings. The highest BCUT2D eigenvalue weighted by molar-refractivity contribution is 5.02. The minimum absolute atomic E-state index is 0.0361. The summed E-state index contributed by atoms with van der Waals surface area (Å²) in [4.78, 5) is 4.39. The van der Waals surface area contributed by atoms with Gasteiger partial charge in [0, 0.05) is 19.1 Å². The molecule has 17 heavy (non-hydrogen) atoms. The third-order valence-electron chi connectivity index (χ3n) is 3.36. The molecule has 2 aliphatic rings. The first-order valence-electron chi connectivity index (χ1n) is 6.10. The summed E-state index contributed by atoms with van der Waals surface area (Å²) in [5.74, 6) is 1.36. The van der Waals surface area contributed by atoms with Crippen LogP contribution in [0.2, 0.25) is 0 Å². The van der Waals surface area contributed by atoms with E-state index in [-0.39, 0.29) is 18.1 Å². The monoisotopic (exact) mass is 239 g/mol. The van der Waals surface area contributed by atoms with Crippen molar-refractivity contribution in [1.82, 2.24) is 10.1 Å². The fourth-order valence-corrected chi connectivity index (χ4v) is 2.34. The molecule has 3 rings (SSSR count). The molecule has 2 aliphatic heterocycles. The summed E-state index contributed by atoms with van der Waals surface area (Å²) in [5.41, 5.74) is 5.91. The molecule has 0 spiro atoms. The van der Waals surface area contributed by atoms with E-state index in [4.69, 9.17) is 19.7 Å². The molecule has 6 heteroatoms. The summed E-state index contributed by atoms with van der Waals surface area (Å²) < 4.78 is 16.1. The number of hydrogen-bond donors (Lipinski definition) is 1. The van der Waals surface area contributed by atoms with Crippen molar-refractivity contribution >= 4 is 0 Å². The first-order valence-corrected chi connectivity index (χ1v) is 6.10. The molecule has 0 aliphatic carbocycles. The molecule has 3 atom stereocenters. The molecule has 0 amide bonds. The molecule has 3 unspecified atom stereocenters. The van der Waals surface area contributed by atoms with E-state index in [9.17, 15) is 0 Å². The fraction of sp³-hybridized carbons (Fsp3) is 0.818. The Labute approximate surface area is 99.5 Å². The van der Waals surface area contributed by atoms with Gasteiger partial charge in [0.05, 0.1) is 25.2 Å². The van der Waals surface area contributed by atoms with Gasteiger partial charge in [0.15, 0.2) is 5.82 Å². The summed E-state index contributed by atoms with van der Waals surface area (Å²) in [5, 5.41) is 3.98. The van der Waals surface area contributed by atoms with Crippen LogP contribution in [0.4, 0.5) is 0 Å². The number of nitrogens with zero attached hydrogens (tertiary/aromatic N) is 2. The maximum absolute atomic E-state index is 5.91. The van der Waals surface area contributed by atoms with Crippen molar-refractivity contribution in [3.63, 3.8) is 0 Å². The van der Waals surface area contributed by atoms with Gasteiger partial charge in [-0.1, -0.05) is 5.16 Å². The average molecular weight is 239 g/mol. The van der Waals surface area contributed by atoms with Gasteiger partial charge in [-0.15, -0.1) is 0 Å². The molecule has 3 heterocycles. The van der Waals surface area contributed by atoms with Gasteiger partial charge in [0.1, 0.15) is 0 Å². The predicted octanol–water partition coefficient (Wildman–Crippen LogP) is 0.232. The van der Waals surface area contributed by atoms with Crippen molar-refractivity contribution in [2.75, 3.05) is 19.8 Å². The summed E-state index contributed by atoms with van der Waals surface area (Å²) in [6.45, 7) is 1.98. The first-order chi connectivity index (χ1) is 8.33. The molecule has 2 saturated heterocycles. The summed E-state index contributed by atoms with van der Waals surface area (Å²) in [6, 6.07) is -0.0361. The van der Waals surface area contributed by atoms with Crippen LogP contribution in [0.1, 0.15) is 30.5 Å². The number of rotatable bonds is 3. The Kier molecular flexibility index (Phi) is 3.09. The van der Waals surface area contributed by atoms with E-state index in [0.717, 1.165) is 25.9 Å². The second-order valence-electron chi connectivity index (χ2n) is 4.70. The van der Waals surface area contributed by atoms with Gasteiger partial charge in [-0.2, -0.15) is 4.98 Å². The molecule has 6 nitrogen and oxygen atoms in total. The van der Waals surface area contributed by atoms with Crippen LogP contribution in [-0.4, -0.2) is 42.1 Å². The lowest BCUT2D eigenvalue weighted by Crippen LogP contribution is -2.27. The average Bonchev–Trinajstić information content (AvgIpc) is 3.00. The normalized spacial score (nSPS) is 33.4. The van der Waals surface area contributed by atoms with E-state index in [0.29, 0.717) is 24.9 Å². The zero-order valence-electron chi connectivity index (χ0n) is 9.67. The predicted molar refractivity (Wildman–Crippen MR) is 58.5 cm³/mol. The SMILES string of the molecule is NC1COCC1c1nc(CC2CCCO2)no1. The van der Waals surface area contributed by atoms with Crippen LogP contribution < -0.4 is 5.73 Å². The Morgan fingerprint density at radius 1 is 1.35 bits per heavy atom. The van der Waals surface area contributed by atoms with Crippen LogP contribution >= 0.6 is 0 Å². The zero-order chi connectivity index (χ0) is 11.7.